The zero-order chi connectivity index (χ0) is 9.14. The summed E-state index contributed by atoms with van der Waals surface area (Å²) >= 11 is 0. The first-order chi connectivity index (χ1) is 5.65. The first-order valence-electron chi connectivity index (χ1n) is 4.09. The maximum absolute atomic E-state index is 12.6. The molecule has 0 unspecified atom stereocenters. The minimum absolute atomic E-state index is 0.250. The molecule has 0 amide bonds. The third-order valence-electron chi connectivity index (χ3n) is 1.98. The summed E-state index contributed by atoms with van der Waals surface area (Å²) in [6.07, 6.45) is 0.192. The minimum atomic E-state index is -0.467. The van der Waals surface area contributed by atoms with Gasteiger partial charge in [0.15, 0.2) is 0 Å². The molecule has 1 rings (SSSR count). The Labute approximate surface area is 71.9 Å². The molecule has 1 aromatic carbocycles. The SMILES string of the molecule is CC[C@@H](O)c1ccc(F)cc1C. The number of aryl methyl sites for hydroxylation is 1. The molecule has 1 aromatic rings. The second-order valence-corrected chi connectivity index (χ2v) is 2.92. The van der Waals surface area contributed by atoms with Gasteiger partial charge in [-0.25, -0.2) is 4.39 Å². The monoisotopic (exact) mass is 168 g/mol. The Morgan fingerprint density at radius 1 is 1.50 bits per heavy atom. The van der Waals surface area contributed by atoms with Crippen molar-refractivity contribution in [2.24, 2.45) is 0 Å². The molecular weight excluding hydrogens is 155 g/mol. The van der Waals surface area contributed by atoms with Crippen LogP contribution in [0.1, 0.15) is 30.6 Å². The standard InChI is InChI=1S/C10H13FO/c1-3-10(12)9-5-4-8(11)6-7(9)2/h4-6,10,12H,3H2,1-2H3/t10-/m1/s1. The maximum atomic E-state index is 12.6. The number of aliphatic hydroxyl groups is 1. The molecule has 0 aromatic heterocycles. The smallest absolute Gasteiger partial charge is 0.123 e. The van der Waals surface area contributed by atoms with Crippen molar-refractivity contribution in [2.45, 2.75) is 26.4 Å². The van der Waals surface area contributed by atoms with Crippen molar-refractivity contribution in [2.75, 3.05) is 0 Å². The van der Waals surface area contributed by atoms with E-state index >= 15 is 0 Å². The van der Waals surface area contributed by atoms with Gasteiger partial charge in [0.2, 0.25) is 0 Å². The molecule has 1 atom stereocenters. The van der Waals surface area contributed by atoms with E-state index in [0.29, 0.717) is 6.42 Å². The maximum Gasteiger partial charge on any atom is 0.123 e. The van der Waals surface area contributed by atoms with E-state index in [1.165, 1.54) is 12.1 Å². The largest absolute Gasteiger partial charge is 0.388 e. The van der Waals surface area contributed by atoms with Gasteiger partial charge in [-0.1, -0.05) is 13.0 Å². The average molecular weight is 168 g/mol. The quantitative estimate of drug-likeness (QED) is 0.719. The van der Waals surface area contributed by atoms with Crippen molar-refractivity contribution >= 4 is 0 Å². The van der Waals surface area contributed by atoms with E-state index in [1.807, 2.05) is 6.92 Å². The summed E-state index contributed by atoms with van der Waals surface area (Å²) in [4.78, 5) is 0. The highest BCUT2D eigenvalue weighted by Crippen LogP contribution is 2.20. The van der Waals surface area contributed by atoms with Gasteiger partial charge in [0.25, 0.3) is 0 Å². The van der Waals surface area contributed by atoms with Crippen molar-refractivity contribution in [1.29, 1.82) is 0 Å². The van der Waals surface area contributed by atoms with Gasteiger partial charge in [-0.05, 0) is 36.6 Å². The van der Waals surface area contributed by atoms with Gasteiger partial charge in [0, 0.05) is 0 Å². The summed E-state index contributed by atoms with van der Waals surface area (Å²) in [6, 6.07) is 4.45. The number of aliphatic hydroxyl groups excluding tert-OH is 1. The highest BCUT2D eigenvalue weighted by Gasteiger charge is 2.07. The highest BCUT2D eigenvalue weighted by atomic mass is 19.1. The molecule has 1 nitrogen and oxygen atoms in total. The lowest BCUT2D eigenvalue weighted by Gasteiger charge is -2.10. The fourth-order valence-corrected chi connectivity index (χ4v) is 1.23. The van der Waals surface area contributed by atoms with Gasteiger partial charge < -0.3 is 5.11 Å². The van der Waals surface area contributed by atoms with Crippen LogP contribution in [0.3, 0.4) is 0 Å². The van der Waals surface area contributed by atoms with Crippen LogP contribution in [0.4, 0.5) is 4.39 Å². The van der Waals surface area contributed by atoms with E-state index < -0.39 is 6.10 Å². The Bertz CT molecular complexity index is 271. The Morgan fingerprint density at radius 3 is 2.67 bits per heavy atom. The Kier molecular flexibility index (Phi) is 2.82. The molecule has 0 heterocycles. The van der Waals surface area contributed by atoms with Crippen molar-refractivity contribution in [3.63, 3.8) is 0 Å². The number of rotatable bonds is 2. The zero-order valence-electron chi connectivity index (χ0n) is 7.34. The highest BCUT2D eigenvalue weighted by molar-refractivity contribution is 5.28. The molecule has 0 aliphatic rings. The molecule has 0 saturated heterocycles. The van der Waals surface area contributed by atoms with E-state index in [9.17, 15) is 9.50 Å². The summed E-state index contributed by atoms with van der Waals surface area (Å²) in [7, 11) is 0. The minimum Gasteiger partial charge on any atom is -0.388 e. The lowest BCUT2D eigenvalue weighted by molar-refractivity contribution is 0.173. The average Bonchev–Trinajstić information content (AvgIpc) is 2.03. The molecule has 0 saturated carbocycles. The fourth-order valence-electron chi connectivity index (χ4n) is 1.23. The van der Waals surface area contributed by atoms with Crippen LogP contribution in [-0.4, -0.2) is 5.11 Å². The van der Waals surface area contributed by atoms with Crippen LogP contribution in [0, 0.1) is 12.7 Å². The second kappa shape index (κ2) is 3.68. The van der Waals surface area contributed by atoms with Gasteiger partial charge in [-0.15, -0.1) is 0 Å². The lowest BCUT2D eigenvalue weighted by atomic mass is 10.0. The molecule has 1 N–H and O–H groups in total. The summed E-state index contributed by atoms with van der Waals surface area (Å²) in [6.45, 7) is 3.70. The summed E-state index contributed by atoms with van der Waals surface area (Å²) < 4.78 is 12.6. The third kappa shape index (κ3) is 1.83. The molecule has 66 valence electrons. The van der Waals surface area contributed by atoms with Crippen LogP contribution < -0.4 is 0 Å². The van der Waals surface area contributed by atoms with Crippen molar-refractivity contribution in [3.05, 3.63) is 35.1 Å². The van der Waals surface area contributed by atoms with E-state index in [-0.39, 0.29) is 5.82 Å². The Morgan fingerprint density at radius 2 is 2.17 bits per heavy atom. The Balaban J connectivity index is 3.01. The van der Waals surface area contributed by atoms with E-state index in [0.717, 1.165) is 11.1 Å². The first kappa shape index (κ1) is 9.20. The van der Waals surface area contributed by atoms with Crippen LogP contribution in [0.5, 0.6) is 0 Å². The molecule has 2 heteroatoms. The molecular formula is C10H13FO. The number of benzene rings is 1. The molecule has 0 radical (unpaired) electrons. The van der Waals surface area contributed by atoms with E-state index in [2.05, 4.69) is 0 Å². The van der Waals surface area contributed by atoms with Crippen LogP contribution in [0.25, 0.3) is 0 Å². The van der Waals surface area contributed by atoms with Crippen molar-refractivity contribution < 1.29 is 9.50 Å². The third-order valence-corrected chi connectivity index (χ3v) is 1.98. The van der Waals surface area contributed by atoms with Crippen LogP contribution in [0.15, 0.2) is 18.2 Å². The molecule has 0 fully saturated rings. The summed E-state index contributed by atoms with van der Waals surface area (Å²) in [5.74, 6) is -0.250. The Hall–Kier alpha value is -0.890. The second-order valence-electron chi connectivity index (χ2n) is 2.92. The molecule has 0 aliphatic heterocycles. The van der Waals surface area contributed by atoms with Crippen molar-refractivity contribution in [3.8, 4) is 0 Å². The predicted octanol–water partition coefficient (Wildman–Crippen LogP) is 2.58. The number of halogens is 1. The van der Waals surface area contributed by atoms with E-state index in [1.54, 1.807) is 13.0 Å². The van der Waals surface area contributed by atoms with Gasteiger partial charge in [0.1, 0.15) is 5.82 Å². The summed E-state index contributed by atoms with van der Waals surface area (Å²) in [5, 5.41) is 9.48. The van der Waals surface area contributed by atoms with Gasteiger partial charge in [0.05, 0.1) is 6.10 Å². The predicted molar refractivity (Wildman–Crippen MR) is 46.4 cm³/mol. The van der Waals surface area contributed by atoms with Crippen LogP contribution >= 0.6 is 0 Å². The zero-order valence-corrected chi connectivity index (χ0v) is 7.34. The molecule has 0 spiro atoms. The normalized spacial score (nSPS) is 13.0. The number of hydrogen-bond donors (Lipinski definition) is 1. The molecule has 0 aliphatic carbocycles. The fraction of sp³-hybridized carbons (Fsp3) is 0.400. The summed E-state index contributed by atoms with van der Waals surface area (Å²) in [5.41, 5.74) is 1.63. The lowest BCUT2D eigenvalue weighted by Crippen LogP contribution is -1.98. The topological polar surface area (TPSA) is 20.2 Å². The first-order valence-corrected chi connectivity index (χ1v) is 4.09. The van der Waals surface area contributed by atoms with Crippen LogP contribution in [-0.2, 0) is 0 Å². The number of hydrogen-bond acceptors (Lipinski definition) is 1. The molecule has 12 heavy (non-hydrogen) atoms. The van der Waals surface area contributed by atoms with Gasteiger partial charge in [-0.2, -0.15) is 0 Å². The van der Waals surface area contributed by atoms with Gasteiger partial charge >= 0.3 is 0 Å². The van der Waals surface area contributed by atoms with E-state index in [4.69, 9.17) is 0 Å². The van der Waals surface area contributed by atoms with Crippen LogP contribution in [0.2, 0.25) is 0 Å². The van der Waals surface area contributed by atoms with Crippen molar-refractivity contribution in [1.82, 2.24) is 0 Å². The molecule has 0 bridgehead atoms. The van der Waals surface area contributed by atoms with Gasteiger partial charge in [-0.3, -0.25) is 0 Å².